The van der Waals surface area contributed by atoms with E-state index in [1.807, 2.05) is 12.1 Å². The summed E-state index contributed by atoms with van der Waals surface area (Å²) < 4.78 is 12.4. The van der Waals surface area contributed by atoms with Crippen LogP contribution in [-0.4, -0.2) is 32.4 Å². The molecule has 0 saturated carbocycles. The Morgan fingerprint density at radius 3 is 2.90 bits per heavy atom. The van der Waals surface area contributed by atoms with Gasteiger partial charge in [0, 0.05) is 16.4 Å². The summed E-state index contributed by atoms with van der Waals surface area (Å²) in [6, 6.07) is 6.67. The van der Waals surface area contributed by atoms with Gasteiger partial charge in [-0.25, -0.2) is 0 Å². The van der Waals surface area contributed by atoms with Gasteiger partial charge in [-0.2, -0.15) is 0 Å². The number of methoxy groups -OCH3 is 1. The Hall–Kier alpha value is -0.580. The van der Waals surface area contributed by atoms with Crippen LogP contribution >= 0.6 is 15.9 Å². The Labute approximate surface area is 136 Å². The van der Waals surface area contributed by atoms with Crippen molar-refractivity contribution in [3.8, 4) is 5.75 Å². The minimum Gasteiger partial charge on any atom is -0.496 e. The maximum Gasteiger partial charge on any atom is 0.122 e. The molecule has 21 heavy (non-hydrogen) atoms. The van der Waals surface area contributed by atoms with Crippen molar-refractivity contribution in [2.24, 2.45) is 5.92 Å². The quantitative estimate of drug-likeness (QED) is 0.806. The lowest BCUT2D eigenvalue weighted by Crippen LogP contribution is -2.39. The van der Waals surface area contributed by atoms with Gasteiger partial charge < -0.3 is 14.8 Å². The van der Waals surface area contributed by atoms with E-state index in [9.17, 15) is 0 Å². The van der Waals surface area contributed by atoms with Gasteiger partial charge in [0.2, 0.25) is 0 Å². The minimum absolute atomic E-state index is 0.380. The van der Waals surface area contributed by atoms with Gasteiger partial charge in [0.1, 0.15) is 5.75 Å². The van der Waals surface area contributed by atoms with Crippen LogP contribution in [0.3, 0.4) is 0 Å². The highest BCUT2D eigenvalue weighted by molar-refractivity contribution is 9.10. The first-order valence-electron chi connectivity index (χ1n) is 7.81. The van der Waals surface area contributed by atoms with Crippen LogP contribution in [0.1, 0.15) is 32.3 Å². The van der Waals surface area contributed by atoms with Crippen LogP contribution in [0.25, 0.3) is 0 Å². The summed E-state index contributed by atoms with van der Waals surface area (Å²) in [5.74, 6) is 1.55. The van der Waals surface area contributed by atoms with Crippen molar-refractivity contribution in [1.82, 2.24) is 5.32 Å². The second kappa shape index (κ2) is 8.16. The summed E-state index contributed by atoms with van der Waals surface area (Å²) in [7, 11) is 1.74. The molecule has 1 aromatic rings. The molecule has 1 aliphatic heterocycles. The molecule has 0 aromatic heterocycles. The summed E-state index contributed by atoms with van der Waals surface area (Å²) >= 11 is 3.56. The van der Waals surface area contributed by atoms with Crippen molar-refractivity contribution in [3.05, 3.63) is 28.2 Å². The first kappa shape index (κ1) is 16.8. The second-order valence-electron chi connectivity index (χ2n) is 5.86. The van der Waals surface area contributed by atoms with Crippen LogP contribution < -0.4 is 10.1 Å². The van der Waals surface area contributed by atoms with Crippen molar-refractivity contribution in [1.29, 1.82) is 0 Å². The third-order valence-electron chi connectivity index (χ3n) is 4.14. The molecule has 1 heterocycles. The van der Waals surface area contributed by atoms with E-state index in [0.29, 0.717) is 18.1 Å². The number of rotatable bonds is 7. The van der Waals surface area contributed by atoms with Gasteiger partial charge >= 0.3 is 0 Å². The molecule has 1 N–H and O–H groups in total. The fourth-order valence-electron chi connectivity index (χ4n) is 3.01. The summed E-state index contributed by atoms with van der Waals surface area (Å²) in [6.45, 7) is 6.28. The zero-order valence-electron chi connectivity index (χ0n) is 13.2. The van der Waals surface area contributed by atoms with Crippen molar-refractivity contribution in [2.75, 3.05) is 20.3 Å². The van der Waals surface area contributed by atoms with Gasteiger partial charge in [0.25, 0.3) is 0 Å². The lowest BCUT2D eigenvalue weighted by molar-refractivity contribution is 0.117. The van der Waals surface area contributed by atoms with E-state index in [2.05, 4.69) is 41.2 Å². The molecule has 2 rings (SSSR count). The average Bonchev–Trinajstić information content (AvgIpc) is 2.90. The van der Waals surface area contributed by atoms with Crippen LogP contribution in [-0.2, 0) is 11.2 Å². The Bertz CT molecular complexity index is 452. The fraction of sp³-hybridized carbons (Fsp3) is 0.647. The SMILES string of the molecule is CCCNC(Cc1cc(Br)ccc1OC)C1COC(C)C1. The summed E-state index contributed by atoms with van der Waals surface area (Å²) in [4.78, 5) is 0. The van der Waals surface area contributed by atoms with E-state index >= 15 is 0 Å². The van der Waals surface area contributed by atoms with E-state index in [0.717, 1.165) is 42.6 Å². The van der Waals surface area contributed by atoms with E-state index in [-0.39, 0.29) is 0 Å². The highest BCUT2D eigenvalue weighted by Crippen LogP contribution is 2.29. The van der Waals surface area contributed by atoms with E-state index in [1.165, 1.54) is 5.56 Å². The van der Waals surface area contributed by atoms with Crippen molar-refractivity contribution in [2.45, 2.75) is 45.3 Å². The van der Waals surface area contributed by atoms with Gasteiger partial charge in [-0.05, 0) is 56.5 Å². The fourth-order valence-corrected chi connectivity index (χ4v) is 3.42. The first-order chi connectivity index (χ1) is 10.1. The largest absolute Gasteiger partial charge is 0.496 e. The molecule has 0 spiro atoms. The molecule has 3 unspecified atom stereocenters. The summed E-state index contributed by atoms with van der Waals surface area (Å²) in [6.07, 6.45) is 3.64. The zero-order chi connectivity index (χ0) is 15.2. The van der Waals surface area contributed by atoms with Crippen molar-refractivity contribution >= 4 is 15.9 Å². The molecule has 1 saturated heterocycles. The predicted octanol–water partition coefficient (Wildman–Crippen LogP) is 3.79. The van der Waals surface area contributed by atoms with Gasteiger partial charge in [0.15, 0.2) is 0 Å². The Morgan fingerprint density at radius 1 is 1.48 bits per heavy atom. The van der Waals surface area contributed by atoms with Gasteiger partial charge in [-0.1, -0.05) is 22.9 Å². The molecule has 3 nitrogen and oxygen atoms in total. The van der Waals surface area contributed by atoms with E-state index < -0.39 is 0 Å². The standard InChI is InChI=1S/C17H26BrNO2/c1-4-7-19-16(14-8-12(2)21-11-14)10-13-9-15(18)5-6-17(13)20-3/h5-6,9,12,14,16,19H,4,7-8,10-11H2,1-3H3. The zero-order valence-corrected chi connectivity index (χ0v) is 14.8. The minimum atomic E-state index is 0.380. The number of hydrogen-bond acceptors (Lipinski definition) is 3. The third kappa shape index (κ3) is 4.70. The second-order valence-corrected chi connectivity index (χ2v) is 6.78. The number of benzene rings is 1. The molecule has 1 aromatic carbocycles. The summed E-state index contributed by atoms with van der Waals surface area (Å²) in [5, 5.41) is 3.70. The molecular weight excluding hydrogens is 330 g/mol. The smallest absolute Gasteiger partial charge is 0.122 e. The third-order valence-corrected chi connectivity index (χ3v) is 4.63. The monoisotopic (exact) mass is 355 g/mol. The molecule has 4 heteroatoms. The van der Waals surface area contributed by atoms with Gasteiger partial charge in [-0.15, -0.1) is 0 Å². The maximum atomic E-state index is 5.76. The molecule has 118 valence electrons. The van der Waals surface area contributed by atoms with Gasteiger partial charge in [-0.3, -0.25) is 0 Å². The number of halogens is 1. The van der Waals surface area contributed by atoms with Crippen LogP contribution in [0, 0.1) is 5.92 Å². The lowest BCUT2D eigenvalue weighted by atomic mass is 9.91. The molecule has 0 bridgehead atoms. The number of hydrogen-bond donors (Lipinski definition) is 1. The molecule has 3 atom stereocenters. The molecule has 0 radical (unpaired) electrons. The highest BCUT2D eigenvalue weighted by atomic mass is 79.9. The Kier molecular flexibility index (Phi) is 6.52. The van der Waals surface area contributed by atoms with E-state index in [1.54, 1.807) is 7.11 Å². The molecule has 1 aliphatic rings. The van der Waals surface area contributed by atoms with Crippen molar-refractivity contribution in [3.63, 3.8) is 0 Å². The lowest BCUT2D eigenvalue weighted by Gasteiger charge is -2.25. The van der Waals surface area contributed by atoms with Crippen molar-refractivity contribution < 1.29 is 9.47 Å². The number of ether oxygens (including phenoxy) is 2. The highest BCUT2D eigenvalue weighted by Gasteiger charge is 2.29. The predicted molar refractivity (Wildman–Crippen MR) is 90.0 cm³/mol. The molecule has 0 amide bonds. The Morgan fingerprint density at radius 2 is 2.29 bits per heavy atom. The Balaban J connectivity index is 2.12. The molecular formula is C17H26BrNO2. The van der Waals surface area contributed by atoms with Crippen LogP contribution in [0.2, 0.25) is 0 Å². The van der Waals surface area contributed by atoms with Gasteiger partial charge in [0.05, 0.1) is 19.8 Å². The maximum absolute atomic E-state index is 5.76. The van der Waals surface area contributed by atoms with E-state index in [4.69, 9.17) is 9.47 Å². The average molecular weight is 356 g/mol. The van der Waals surface area contributed by atoms with Crippen LogP contribution in [0.5, 0.6) is 5.75 Å². The molecule has 1 fully saturated rings. The van der Waals surface area contributed by atoms with Crippen LogP contribution in [0.4, 0.5) is 0 Å². The first-order valence-corrected chi connectivity index (χ1v) is 8.60. The topological polar surface area (TPSA) is 30.5 Å². The molecule has 0 aliphatic carbocycles. The number of nitrogens with one attached hydrogen (secondary N) is 1. The van der Waals surface area contributed by atoms with Crippen LogP contribution in [0.15, 0.2) is 22.7 Å². The normalized spacial score (nSPS) is 23.2. The summed E-state index contributed by atoms with van der Waals surface area (Å²) in [5.41, 5.74) is 1.25.